The van der Waals surface area contributed by atoms with Crippen LogP contribution in [0.15, 0.2) is 24.5 Å². The SMILES string of the molecule is O=S1C2CCC1CC(O)(Cc1cccnc1)C2. The van der Waals surface area contributed by atoms with E-state index in [1.54, 1.807) is 6.20 Å². The molecule has 2 aliphatic rings. The minimum Gasteiger partial charge on any atom is -0.389 e. The molecule has 1 N–H and O–H groups in total. The highest BCUT2D eigenvalue weighted by molar-refractivity contribution is 7.86. The molecule has 3 nitrogen and oxygen atoms in total. The van der Waals surface area contributed by atoms with Crippen molar-refractivity contribution in [2.24, 2.45) is 0 Å². The Morgan fingerprint density at radius 2 is 2.12 bits per heavy atom. The average molecular weight is 251 g/mol. The van der Waals surface area contributed by atoms with E-state index < -0.39 is 16.4 Å². The van der Waals surface area contributed by atoms with Crippen LogP contribution in [0.2, 0.25) is 0 Å². The van der Waals surface area contributed by atoms with E-state index in [0.29, 0.717) is 19.3 Å². The quantitative estimate of drug-likeness (QED) is 0.865. The summed E-state index contributed by atoms with van der Waals surface area (Å²) in [6.45, 7) is 0. The molecule has 1 aromatic rings. The van der Waals surface area contributed by atoms with Gasteiger partial charge in [0, 0.05) is 40.1 Å². The standard InChI is InChI=1S/C13H17NO2S/c15-13(6-10-2-1-5-14-9-10)7-11-3-4-12(8-13)17(11)16/h1-2,5,9,11-12,15H,3-4,6-8H2. The van der Waals surface area contributed by atoms with E-state index in [1.165, 1.54) is 0 Å². The van der Waals surface area contributed by atoms with Crippen molar-refractivity contribution in [2.45, 2.75) is 48.2 Å². The first-order valence-corrected chi connectivity index (χ1v) is 7.45. The number of hydrogen-bond acceptors (Lipinski definition) is 3. The summed E-state index contributed by atoms with van der Waals surface area (Å²) in [5, 5.41) is 11.1. The molecule has 92 valence electrons. The van der Waals surface area contributed by atoms with Crippen molar-refractivity contribution in [3.63, 3.8) is 0 Å². The van der Waals surface area contributed by atoms with Crippen LogP contribution in [0, 0.1) is 0 Å². The summed E-state index contributed by atoms with van der Waals surface area (Å²) in [5.41, 5.74) is 0.407. The van der Waals surface area contributed by atoms with Crippen molar-refractivity contribution in [2.75, 3.05) is 0 Å². The van der Waals surface area contributed by atoms with Crippen LogP contribution in [0.25, 0.3) is 0 Å². The second-order valence-corrected chi connectivity index (χ2v) is 7.31. The van der Waals surface area contributed by atoms with Crippen molar-refractivity contribution in [3.8, 4) is 0 Å². The van der Waals surface area contributed by atoms with Crippen molar-refractivity contribution in [1.29, 1.82) is 0 Å². The van der Waals surface area contributed by atoms with Gasteiger partial charge < -0.3 is 5.11 Å². The van der Waals surface area contributed by atoms with Crippen molar-refractivity contribution >= 4 is 10.8 Å². The molecular weight excluding hydrogens is 234 g/mol. The topological polar surface area (TPSA) is 50.2 Å². The summed E-state index contributed by atoms with van der Waals surface area (Å²) in [6, 6.07) is 3.90. The Hall–Kier alpha value is -0.740. The lowest BCUT2D eigenvalue weighted by atomic mass is 9.87. The van der Waals surface area contributed by atoms with E-state index in [-0.39, 0.29) is 10.5 Å². The van der Waals surface area contributed by atoms with Crippen LogP contribution in [-0.4, -0.2) is 30.4 Å². The fourth-order valence-corrected chi connectivity index (χ4v) is 5.43. The van der Waals surface area contributed by atoms with E-state index in [9.17, 15) is 9.32 Å². The van der Waals surface area contributed by atoms with Crippen LogP contribution >= 0.6 is 0 Å². The molecule has 4 heteroatoms. The predicted octanol–water partition coefficient (Wildman–Crippen LogP) is 1.43. The molecule has 2 atom stereocenters. The second-order valence-electron chi connectivity index (χ2n) is 5.32. The normalized spacial score (nSPS) is 40.4. The van der Waals surface area contributed by atoms with Crippen LogP contribution in [0.3, 0.4) is 0 Å². The molecule has 0 aliphatic carbocycles. The predicted molar refractivity (Wildman–Crippen MR) is 67.1 cm³/mol. The van der Waals surface area contributed by atoms with Gasteiger partial charge >= 0.3 is 0 Å². The summed E-state index contributed by atoms with van der Waals surface area (Å²) in [6.07, 6.45) is 7.61. The van der Waals surface area contributed by atoms with Crippen LogP contribution in [0.5, 0.6) is 0 Å². The molecule has 3 rings (SSSR count). The minimum atomic E-state index is -0.699. The summed E-state index contributed by atoms with van der Waals surface area (Å²) in [7, 11) is -0.699. The average Bonchev–Trinajstić information content (AvgIpc) is 2.54. The van der Waals surface area contributed by atoms with Gasteiger partial charge in [0.25, 0.3) is 0 Å². The molecule has 0 saturated carbocycles. The summed E-state index contributed by atoms with van der Waals surface area (Å²) < 4.78 is 11.9. The zero-order chi connectivity index (χ0) is 11.9. The van der Waals surface area contributed by atoms with Gasteiger partial charge in [-0.25, -0.2) is 0 Å². The van der Waals surface area contributed by atoms with Gasteiger partial charge in [0.2, 0.25) is 0 Å². The lowest BCUT2D eigenvalue weighted by molar-refractivity contribution is 0.0230. The fourth-order valence-electron chi connectivity index (χ4n) is 3.20. The van der Waals surface area contributed by atoms with E-state index >= 15 is 0 Å². The first-order chi connectivity index (χ1) is 8.16. The van der Waals surface area contributed by atoms with Gasteiger partial charge in [-0.3, -0.25) is 9.19 Å². The Labute approximate surface area is 104 Å². The van der Waals surface area contributed by atoms with Gasteiger partial charge in [0.15, 0.2) is 0 Å². The Bertz CT molecular complexity index is 418. The summed E-state index contributed by atoms with van der Waals surface area (Å²) in [5.74, 6) is 0. The lowest BCUT2D eigenvalue weighted by Crippen LogP contribution is -2.44. The van der Waals surface area contributed by atoms with Crippen molar-refractivity contribution in [3.05, 3.63) is 30.1 Å². The molecule has 17 heavy (non-hydrogen) atoms. The van der Waals surface area contributed by atoms with E-state index in [2.05, 4.69) is 4.98 Å². The van der Waals surface area contributed by atoms with Gasteiger partial charge in [-0.15, -0.1) is 0 Å². The maximum absolute atomic E-state index is 11.9. The highest BCUT2D eigenvalue weighted by atomic mass is 32.2. The maximum Gasteiger partial charge on any atom is 0.0711 e. The Morgan fingerprint density at radius 1 is 1.41 bits per heavy atom. The highest BCUT2D eigenvalue weighted by Crippen LogP contribution is 2.42. The summed E-state index contributed by atoms with van der Waals surface area (Å²) in [4.78, 5) is 4.08. The van der Waals surface area contributed by atoms with E-state index in [4.69, 9.17) is 0 Å². The monoisotopic (exact) mass is 251 g/mol. The number of pyridine rings is 1. The van der Waals surface area contributed by atoms with Crippen LogP contribution in [-0.2, 0) is 17.2 Å². The second kappa shape index (κ2) is 4.18. The third kappa shape index (κ3) is 2.16. The molecule has 1 aromatic heterocycles. The molecule has 2 saturated heterocycles. The van der Waals surface area contributed by atoms with Gasteiger partial charge in [-0.1, -0.05) is 6.07 Å². The Balaban J connectivity index is 1.77. The first kappa shape index (κ1) is 11.4. The van der Waals surface area contributed by atoms with Crippen LogP contribution < -0.4 is 0 Å². The zero-order valence-electron chi connectivity index (χ0n) is 9.71. The highest BCUT2D eigenvalue weighted by Gasteiger charge is 2.47. The Kier molecular flexibility index (Phi) is 2.79. The van der Waals surface area contributed by atoms with Crippen LogP contribution in [0.1, 0.15) is 31.2 Å². The zero-order valence-corrected chi connectivity index (χ0v) is 10.5. The lowest BCUT2D eigenvalue weighted by Gasteiger charge is -2.35. The number of nitrogens with zero attached hydrogens (tertiary/aromatic N) is 1. The third-order valence-electron chi connectivity index (χ3n) is 3.94. The van der Waals surface area contributed by atoms with E-state index in [0.717, 1.165) is 18.4 Å². The summed E-state index contributed by atoms with van der Waals surface area (Å²) >= 11 is 0. The van der Waals surface area contributed by atoms with Gasteiger partial charge in [-0.2, -0.15) is 0 Å². The fraction of sp³-hybridized carbons (Fsp3) is 0.615. The molecule has 3 heterocycles. The smallest absolute Gasteiger partial charge is 0.0711 e. The molecule has 0 aromatic carbocycles. The number of aliphatic hydroxyl groups is 1. The largest absolute Gasteiger partial charge is 0.389 e. The van der Waals surface area contributed by atoms with Crippen LogP contribution in [0.4, 0.5) is 0 Å². The molecule has 0 spiro atoms. The van der Waals surface area contributed by atoms with Gasteiger partial charge in [-0.05, 0) is 37.3 Å². The molecule has 0 amide bonds. The van der Waals surface area contributed by atoms with E-state index in [1.807, 2.05) is 18.3 Å². The minimum absolute atomic E-state index is 0.218. The molecule has 2 fully saturated rings. The van der Waals surface area contributed by atoms with Gasteiger partial charge in [0.1, 0.15) is 0 Å². The first-order valence-electron chi connectivity index (χ1n) is 6.17. The Morgan fingerprint density at radius 3 is 2.71 bits per heavy atom. The van der Waals surface area contributed by atoms with Crippen molar-refractivity contribution < 1.29 is 9.32 Å². The maximum atomic E-state index is 11.9. The molecule has 0 radical (unpaired) electrons. The van der Waals surface area contributed by atoms with Crippen molar-refractivity contribution in [1.82, 2.24) is 4.98 Å². The molecule has 2 aliphatic heterocycles. The number of aromatic nitrogens is 1. The number of hydrogen-bond donors (Lipinski definition) is 1. The number of rotatable bonds is 2. The number of fused-ring (bicyclic) bond motifs is 2. The molecule has 2 unspecified atom stereocenters. The molecule has 2 bridgehead atoms. The third-order valence-corrected chi connectivity index (χ3v) is 6.06. The van der Waals surface area contributed by atoms with Gasteiger partial charge in [0.05, 0.1) is 5.60 Å². The molecular formula is C13H17NO2S.